The van der Waals surface area contributed by atoms with Gasteiger partial charge in [0.25, 0.3) is 5.91 Å². The zero-order valence-electron chi connectivity index (χ0n) is 11.6. The Morgan fingerprint density at radius 1 is 1.30 bits per heavy atom. The van der Waals surface area contributed by atoms with E-state index >= 15 is 0 Å². The van der Waals surface area contributed by atoms with Gasteiger partial charge in [-0.25, -0.2) is 4.79 Å². The first kappa shape index (κ1) is 14.1. The maximum absolute atomic E-state index is 11.8. The molecule has 5 nitrogen and oxygen atoms in total. The second-order valence-corrected chi connectivity index (χ2v) is 4.36. The molecule has 2 aromatic rings. The fourth-order valence-corrected chi connectivity index (χ4v) is 1.82. The third-order valence-electron chi connectivity index (χ3n) is 2.76. The van der Waals surface area contributed by atoms with Gasteiger partial charge in [-0.05, 0) is 31.5 Å². The van der Waals surface area contributed by atoms with Gasteiger partial charge in [-0.3, -0.25) is 4.79 Å². The summed E-state index contributed by atoms with van der Waals surface area (Å²) in [6.45, 7) is 4.87. The van der Waals surface area contributed by atoms with E-state index in [0.29, 0.717) is 29.9 Å². The monoisotopic (exact) mass is 275 g/mol. The fraction of sp³-hybridized carbons (Fsp3) is 0.333. The highest BCUT2D eigenvalue weighted by Crippen LogP contribution is 2.20. The van der Waals surface area contributed by atoms with Crippen LogP contribution in [0, 0.1) is 0 Å². The molecule has 1 N–H and O–H groups in total. The molecule has 0 saturated carbocycles. The number of ether oxygens (including phenoxy) is 1. The summed E-state index contributed by atoms with van der Waals surface area (Å²) in [5.41, 5.74) is -0.214. The molecule has 0 spiro atoms. The van der Waals surface area contributed by atoms with Gasteiger partial charge in [0.15, 0.2) is 0 Å². The molecule has 0 aliphatic rings. The molecular formula is C15H17NO4. The molecule has 0 radical (unpaired) electrons. The normalized spacial score (nSPS) is 10.5. The number of benzene rings is 1. The van der Waals surface area contributed by atoms with Crippen LogP contribution in [0.25, 0.3) is 11.0 Å². The quantitative estimate of drug-likeness (QED) is 0.850. The minimum Gasteiger partial charge on any atom is -0.493 e. The summed E-state index contributed by atoms with van der Waals surface area (Å²) in [5.74, 6) is 0.225. The molecule has 0 atom stereocenters. The lowest BCUT2D eigenvalue weighted by Crippen LogP contribution is -2.27. The molecule has 0 saturated heterocycles. The van der Waals surface area contributed by atoms with Crippen molar-refractivity contribution in [1.82, 2.24) is 5.32 Å². The predicted molar refractivity (Wildman–Crippen MR) is 76.3 cm³/mol. The lowest BCUT2D eigenvalue weighted by molar-refractivity contribution is 0.0952. The Morgan fingerprint density at radius 2 is 2.10 bits per heavy atom. The highest BCUT2D eigenvalue weighted by atomic mass is 16.5. The summed E-state index contributed by atoms with van der Waals surface area (Å²) in [6, 6.07) is 6.76. The van der Waals surface area contributed by atoms with E-state index in [9.17, 15) is 9.59 Å². The number of hydrogen-bond acceptors (Lipinski definition) is 4. The van der Waals surface area contributed by atoms with Crippen molar-refractivity contribution >= 4 is 16.9 Å². The summed E-state index contributed by atoms with van der Waals surface area (Å²) in [4.78, 5) is 23.5. The summed E-state index contributed by atoms with van der Waals surface area (Å²) in [7, 11) is 0. The van der Waals surface area contributed by atoms with E-state index in [0.717, 1.165) is 6.42 Å². The molecule has 20 heavy (non-hydrogen) atoms. The smallest absolute Gasteiger partial charge is 0.349 e. The van der Waals surface area contributed by atoms with Crippen molar-refractivity contribution in [3.63, 3.8) is 0 Å². The van der Waals surface area contributed by atoms with E-state index < -0.39 is 11.5 Å². The third kappa shape index (κ3) is 2.99. The van der Waals surface area contributed by atoms with Crippen LogP contribution in [0.4, 0.5) is 0 Å². The fourth-order valence-electron chi connectivity index (χ4n) is 1.82. The highest BCUT2D eigenvalue weighted by molar-refractivity contribution is 5.96. The molecule has 0 fully saturated rings. The molecule has 1 aromatic carbocycles. The second kappa shape index (κ2) is 6.23. The van der Waals surface area contributed by atoms with Gasteiger partial charge < -0.3 is 14.5 Å². The van der Waals surface area contributed by atoms with Crippen molar-refractivity contribution in [3.8, 4) is 5.75 Å². The molecule has 2 rings (SSSR count). The molecule has 0 aliphatic heterocycles. The minimum atomic E-state index is -0.643. The van der Waals surface area contributed by atoms with Crippen LogP contribution in [0.5, 0.6) is 5.75 Å². The number of rotatable bonds is 5. The van der Waals surface area contributed by atoms with Crippen molar-refractivity contribution in [3.05, 3.63) is 40.2 Å². The first-order valence-corrected chi connectivity index (χ1v) is 6.64. The van der Waals surface area contributed by atoms with Crippen molar-refractivity contribution in [1.29, 1.82) is 0 Å². The van der Waals surface area contributed by atoms with Gasteiger partial charge in [0.1, 0.15) is 16.9 Å². The lowest BCUT2D eigenvalue weighted by atomic mass is 10.1. The predicted octanol–water partition coefficient (Wildman–Crippen LogP) is 2.33. The van der Waals surface area contributed by atoms with E-state index in [4.69, 9.17) is 9.15 Å². The van der Waals surface area contributed by atoms with E-state index in [1.165, 1.54) is 6.07 Å². The molecule has 5 heteroatoms. The van der Waals surface area contributed by atoms with E-state index in [2.05, 4.69) is 5.32 Å². The largest absolute Gasteiger partial charge is 0.493 e. The van der Waals surface area contributed by atoms with E-state index in [1.54, 1.807) is 25.1 Å². The first-order chi connectivity index (χ1) is 9.65. The summed E-state index contributed by atoms with van der Waals surface area (Å²) in [5, 5.41) is 3.27. The lowest BCUT2D eigenvalue weighted by Gasteiger charge is -2.06. The molecule has 0 bridgehead atoms. The van der Waals surface area contributed by atoms with Crippen molar-refractivity contribution < 1.29 is 13.9 Å². The standard InChI is InChI=1S/C15H17NO4/c1-3-7-19-11-6-5-10-8-12(14(17)16-4-2)15(18)20-13(10)9-11/h5-6,8-9H,3-4,7H2,1-2H3,(H,16,17). The number of fused-ring (bicyclic) bond motifs is 1. The van der Waals surface area contributed by atoms with Gasteiger partial charge >= 0.3 is 5.63 Å². The molecule has 1 amide bonds. The van der Waals surface area contributed by atoms with Gasteiger partial charge in [-0.15, -0.1) is 0 Å². The van der Waals surface area contributed by atoms with Crippen LogP contribution >= 0.6 is 0 Å². The number of carbonyl (C=O) groups excluding carboxylic acids is 1. The number of hydrogen-bond donors (Lipinski definition) is 1. The maximum Gasteiger partial charge on any atom is 0.349 e. The van der Waals surface area contributed by atoms with Crippen LogP contribution in [0.1, 0.15) is 30.6 Å². The van der Waals surface area contributed by atoms with Crippen LogP contribution < -0.4 is 15.7 Å². The number of carbonyl (C=O) groups is 1. The number of amides is 1. The Bertz CT molecular complexity index is 675. The highest BCUT2D eigenvalue weighted by Gasteiger charge is 2.13. The first-order valence-electron chi connectivity index (χ1n) is 6.64. The maximum atomic E-state index is 11.8. The summed E-state index contributed by atoms with van der Waals surface area (Å²) < 4.78 is 10.7. The molecule has 1 aromatic heterocycles. The Balaban J connectivity index is 2.40. The zero-order valence-corrected chi connectivity index (χ0v) is 11.6. The molecule has 1 heterocycles. The van der Waals surface area contributed by atoms with Gasteiger partial charge in [0.2, 0.25) is 0 Å². The third-order valence-corrected chi connectivity index (χ3v) is 2.76. The van der Waals surface area contributed by atoms with E-state index in [-0.39, 0.29) is 5.56 Å². The topological polar surface area (TPSA) is 68.5 Å². The Labute approximate surface area is 116 Å². The van der Waals surface area contributed by atoms with Crippen LogP contribution in [0.3, 0.4) is 0 Å². The Morgan fingerprint density at radius 3 is 2.80 bits per heavy atom. The van der Waals surface area contributed by atoms with Crippen LogP contribution in [0.15, 0.2) is 33.5 Å². The zero-order chi connectivity index (χ0) is 14.5. The van der Waals surface area contributed by atoms with Gasteiger partial charge in [-0.1, -0.05) is 6.92 Å². The Kier molecular flexibility index (Phi) is 4.40. The van der Waals surface area contributed by atoms with Gasteiger partial charge in [0.05, 0.1) is 6.61 Å². The number of nitrogens with one attached hydrogen (secondary N) is 1. The summed E-state index contributed by atoms with van der Waals surface area (Å²) >= 11 is 0. The van der Waals surface area contributed by atoms with Crippen LogP contribution in [-0.2, 0) is 0 Å². The minimum absolute atomic E-state index is 0.0153. The SMILES string of the molecule is CCCOc1ccc2cc(C(=O)NCC)c(=O)oc2c1. The second-order valence-electron chi connectivity index (χ2n) is 4.36. The molecule has 0 aliphatic carbocycles. The van der Waals surface area contributed by atoms with Gasteiger partial charge in [-0.2, -0.15) is 0 Å². The molecule has 0 unspecified atom stereocenters. The van der Waals surface area contributed by atoms with Gasteiger partial charge in [0, 0.05) is 18.0 Å². The Hall–Kier alpha value is -2.30. The van der Waals surface area contributed by atoms with Crippen molar-refractivity contribution in [2.24, 2.45) is 0 Å². The van der Waals surface area contributed by atoms with E-state index in [1.807, 2.05) is 6.92 Å². The molecular weight excluding hydrogens is 258 g/mol. The molecule has 106 valence electrons. The van der Waals surface area contributed by atoms with Crippen LogP contribution in [-0.4, -0.2) is 19.1 Å². The van der Waals surface area contributed by atoms with Crippen molar-refractivity contribution in [2.45, 2.75) is 20.3 Å². The summed E-state index contributed by atoms with van der Waals surface area (Å²) in [6.07, 6.45) is 0.901. The average Bonchev–Trinajstić information content (AvgIpc) is 2.44. The van der Waals surface area contributed by atoms with Crippen molar-refractivity contribution in [2.75, 3.05) is 13.2 Å². The van der Waals surface area contributed by atoms with Crippen LogP contribution in [0.2, 0.25) is 0 Å². The average molecular weight is 275 g/mol.